The Kier molecular flexibility index (Phi) is 6.36. The number of hydrogen-bond acceptors (Lipinski definition) is 4. The SMILES string of the molecule is CCCCOC(=O)CN1CCCNCC1. The molecule has 0 unspecified atom stereocenters. The maximum atomic E-state index is 11.4. The molecule has 0 bridgehead atoms. The van der Waals surface area contributed by atoms with E-state index in [-0.39, 0.29) is 5.97 Å². The van der Waals surface area contributed by atoms with Crippen molar-refractivity contribution < 1.29 is 9.53 Å². The van der Waals surface area contributed by atoms with Gasteiger partial charge in [0, 0.05) is 13.1 Å². The summed E-state index contributed by atoms with van der Waals surface area (Å²) in [7, 11) is 0. The van der Waals surface area contributed by atoms with Crippen molar-refractivity contribution in [2.45, 2.75) is 26.2 Å². The van der Waals surface area contributed by atoms with Gasteiger partial charge in [-0.3, -0.25) is 9.69 Å². The number of rotatable bonds is 5. The molecule has 1 N–H and O–H groups in total. The van der Waals surface area contributed by atoms with Crippen molar-refractivity contribution in [3.8, 4) is 0 Å². The van der Waals surface area contributed by atoms with Gasteiger partial charge in [-0.15, -0.1) is 0 Å². The lowest BCUT2D eigenvalue weighted by molar-refractivity contribution is -0.145. The number of unbranched alkanes of at least 4 members (excludes halogenated alkanes) is 1. The topological polar surface area (TPSA) is 41.6 Å². The van der Waals surface area contributed by atoms with E-state index in [4.69, 9.17) is 4.74 Å². The van der Waals surface area contributed by atoms with E-state index in [1.54, 1.807) is 0 Å². The van der Waals surface area contributed by atoms with E-state index in [0.29, 0.717) is 13.2 Å². The number of carbonyl (C=O) groups excluding carboxylic acids is 1. The molecule has 1 heterocycles. The summed E-state index contributed by atoms with van der Waals surface area (Å²) in [5, 5.41) is 3.31. The van der Waals surface area contributed by atoms with Gasteiger partial charge in [0.05, 0.1) is 13.2 Å². The highest BCUT2D eigenvalue weighted by molar-refractivity contribution is 5.71. The van der Waals surface area contributed by atoms with Crippen LogP contribution in [-0.2, 0) is 9.53 Å². The van der Waals surface area contributed by atoms with Crippen LogP contribution in [0.25, 0.3) is 0 Å². The van der Waals surface area contributed by atoms with Crippen molar-refractivity contribution in [1.82, 2.24) is 10.2 Å². The molecule has 4 heteroatoms. The summed E-state index contributed by atoms with van der Waals surface area (Å²) in [5.74, 6) is -0.0784. The summed E-state index contributed by atoms with van der Waals surface area (Å²) in [6.07, 6.45) is 3.15. The highest BCUT2D eigenvalue weighted by atomic mass is 16.5. The molecule has 0 spiro atoms. The van der Waals surface area contributed by atoms with E-state index in [1.807, 2.05) is 0 Å². The van der Waals surface area contributed by atoms with Crippen LogP contribution < -0.4 is 5.32 Å². The van der Waals surface area contributed by atoms with Crippen LogP contribution in [0.3, 0.4) is 0 Å². The lowest BCUT2D eigenvalue weighted by Crippen LogP contribution is -2.34. The molecule has 0 atom stereocenters. The summed E-state index contributed by atoms with van der Waals surface area (Å²) in [6.45, 7) is 7.09. The smallest absolute Gasteiger partial charge is 0.320 e. The van der Waals surface area contributed by atoms with Crippen molar-refractivity contribution in [2.75, 3.05) is 39.3 Å². The van der Waals surface area contributed by atoms with E-state index in [2.05, 4.69) is 17.1 Å². The summed E-state index contributed by atoms with van der Waals surface area (Å²) in [6, 6.07) is 0. The number of hydrogen-bond donors (Lipinski definition) is 1. The minimum absolute atomic E-state index is 0.0784. The summed E-state index contributed by atoms with van der Waals surface area (Å²) in [4.78, 5) is 13.6. The zero-order valence-corrected chi connectivity index (χ0v) is 9.63. The fraction of sp³-hybridized carbons (Fsp3) is 0.909. The van der Waals surface area contributed by atoms with Gasteiger partial charge in [-0.05, 0) is 25.9 Å². The second-order valence-electron chi connectivity index (χ2n) is 3.95. The van der Waals surface area contributed by atoms with Crippen LogP contribution >= 0.6 is 0 Å². The molecule has 15 heavy (non-hydrogen) atoms. The first-order chi connectivity index (χ1) is 7.33. The van der Waals surface area contributed by atoms with Crippen molar-refractivity contribution in [3.63, 3.8) is 0 Å². The third kappa shape index (κ3) is 5.74. The maximum absolute atomic E-state index is 11.4. The fourth-order valence-corrected chi connectivity index (χ4v) is 1.62. The average molecular weight is 214 g/mol. The van der Waals surface area contributed by atoms with Crippen LogP contribution in [-0.4, -0.2) is 50.2 Å². The molecule has 0 aromatic carbocycles. The molecule has 0 amide bonds. The number of nitrogens with zero attached hydrogens (tertiary/aromatic N) is 1. The Morgan fingerprint density at radius 2 is 2.27 bits per heavy atom. The van der Waals surface area contributed by atoms with E-state index in [1.165, 1.54) is 0 Å². The van der Waals surface area contributed by atoms with Crippen LogP contribution in [0, 0.1) is 0 Å². The second-order valence-corrected chi connectivity index (χ2v) is 3.95. The normalized spacial score (nSPS) is 18.5. The summed E-state index contributed by atoms with van der Waals surface area (Å²) >= 11 is 0. The zero-order chi connectivity index (χ0) is 10.9. The highest BCUT2D eigenvalue weighted by Crippen LogP contribution is 1.96. The highest BCUT2D eigenvalue weighted by Gasteiger charge is 2.12. The van der Waals surface area contributed by atoms with Gasteiger partial charge < -0.3 is 10.1 Å². The van der Waals surface area contributed by atoms with Gasteiger partial charge >= 0.3 is 5.97 Å². The Bertz CT molecular complexity index is 177. The van der Waals surface area contributed by atoms with Crippen LogP contribution in [0.15, 0.2) is 0 Å². The molecule has 88 valence electrons. The predicted molar refractivity (Wildman–Crippen MR) is 59.8 cm³/mol. The number of carbonyl (C=O) groups is 1. The van der Waals surface area contributed by atoms with Gasteiger partial charge in [0.15, 0.2) is 0 Å². The first-order valence-corrected chi connectivity index (χ1v) is 5.91. The third-order valence-corrected chi connectivity index (χ3v) is 2.55. The van der Waals surface area contributed by atoms with Gasteiger partial charge in [0.25, 0.3) is 0 Å². The Morgan fingerprint density at radius 1 is 1.40 bits per heavy atom. The van der Waals surface area contributed by atoms with Crippen molar-refractivity contribution in [1.29, 1.82) is 0 Å². The first-order valence-electron chi connectivity index (χ1n) is 5.91. The maximum Gasteiger partial charge on any atom is 0.320 e. The Morgan fingerprint density at radius 3 is 3.07 bits per heavy atom. The minimum Gasteiger partial charge on any atom is -0.465 e. The van der Waals surface area contributed by atoms with Crippen LogP contribution in [0.2, 0.25) is 0 Å². The van der Waals surface area contributed by atoms with Gasteiger partial charge in [-0.1, -0.05) is 13.3 Å². The average Bonchev–Trinajstić information content (AvgIpc) is 2.47. The number of nitrogens with one attached hydrogen (secondary N) is 1. The largest absolute Gasteiger partial charge is 0.465 e. The number of esters is 1. The molecule has 4 nitrogen and oxygen atoms in total. The molecule has 1 aliphatic heterocycles. The monoisotopic (exact) mass is 214 g/mol. The van der Waals surface area contributed by atoms with Crippen LogP contribution in [0.4, 0.5) is 0 Å². The number of ether oxygens (including phenoxy) is 1. The molecule has 0 radical (unpaired) electrons. The quantitative estimate of drug-likeness (QED) is 0.538. The molecular weight excluding hydrogens is 192 g/mol. The van der Waals surface area contributed by atoms with E-state index in [9.17, 15) is 4.79 Å². The zero-order valence-electron chi connectivity index (χ0n) is 9.63. The Balaban J connectivity index is 2.12. The summed E-state index contributed by atoms with van der Waals surface area (Å²) in [5.41, 5.74) is 0. The lowest BCUT2D eigenvalue weighted by atomic mass is 10.3. The molecule has 0 aromatic heterocycles. The Hall–Kier alpha value is -0.610. The molecule has 1 fully saturated rings. The molecule has 0 aromatic rings. The van der Waals surface area contributed by atoms with Crippen molar-refractivity contribution in [2.24, 2.45) is 0 Å². The lowest BCUT2D eigenvalue weighted by Gasteiger charge is -2.17. The molecule has 1 saturated heterocycles. The van der Waals surface area contributed by atoms with Gasteiger partial charge in [-0.25, -0.2) is 0 Å². The Labute approximate surface area is 92.0 Å². The van der Waals surface area contributed by atoms with Gasteiger partial charge in [-0.2, -0.15) is 0 Å². The van der Waals surface area contributed by atoms with Crippen LogP contribution in [0.1, 0.15) is 26.2 Å². The molecule has 0 aliphatic carbocycles. The molecule has 1 aliphatic rings. The molecule has 1 rings (SSSR count). The van der Waals surface area contributed by atoms with Crippen LogP contribution in [0.5, 0.6) is 0 Å². The minimum atomic E-state index is -0.0784. The third-order valence-electron chi connectivity index (χ3n) is 2.55. The summed E-state index contributed by atoms with van der Waals surface area (Å²) < 4.78 is 5.12. The predicted octanol–water partition coefficient (Wildman–Crippen LogP) is 0.625. The van der Waals surface area contributed by atoms with Gasteiger partial charge in [0.1, 0.15) is 0 Å². The van der Waals surface area contributed by atoms with Gasteiger partial charge in [0.2, 0.25) is 0 Å². The molecular formula is C11H22N2O2. The fourth-order valence-electron chi connectivity index (χ4n) is 1.62. The van der Waals surface area contributed by atoms with Crippen molar-refractivity contribution in [3.05, 3.63) is 0 Å². The second kappa shape index (κ2) is 7.65. The first kappa shape index (κ1) is 12.5. The molecule has 0 saturated carbocycles. The van der Waals surface area contributed by atoms with E-state index < -0.39 is 0 Å². The standard InChI is InChI=1S/C11H22N2O2/c1-2-3-9-15-11(14)10-13-7-4-5-12-6-8-13/h12H,2-10H2,1H3. The van der Waals surface area contributed by atoms with E-state index in [0.717, 1.165) is 45.4 Å². The van der Waals surface area contributed by atoms with Crippen molar-refractivity contribution >= 4 is 5.97 Å². The van der Waals surface area contributed by atoms with E-state index >= 15 is 0 Å².